The number of anilines is 2. The molecule has 9 heteroatoms. The van der Waals surface area contributed by atoms with E-state index < -0.39 is 10.0 Å². The van der Waals surface area contributed by atoms with Crippen molar-refractivity contribution in [3.05, 3.63) is 54.5 Å². The zero-order chi connectivity index (χ0) is 21.0. The molecular formula is C21H22N6O2S. The third-order valence-corrected chi connectivity index (χ3v) is 6.85. The smallest absolute Gasteiger partial charge is 0.281 e. The average molecular weight is 423 g/mol. The normalized spacial score (nSPS) is 13.8. The van der Waals surface area contributed by atoms with E-state index in [1.165, 1.54) is 22.0 Å². The van der Waals surface area contributed by atoms with Crippen LogP contribution >= 0.6 is 0 Å². The second kappa shape index (κ2) is 6.60. The fraction of sp³-hybridized carbons (Fsp3) is 0.238. The number of fused-ring (bicyclic) bond motifs is 2. The van der Waals surface area contributed by atoms with Crippen molar-refractivity contribution in [2.45, 2.75) is 11.4 Å². The molecule has 1 aromatic carbocycles. The van der Waals surface area contributed by atoms with Crippen molar-refractivity contribution in [3.63, 3.8) is 0 Å². The summed E-state index contributed by atoms with van der Waals surface area (Å²) >= 11 is 0. The number of pyridine rings is 1. The lowest BCUT2D eigenvalue weighted by Crippen LogP contribution is -2.14. The Hall–Kier alpha value is -3.33. The number of hydrogen-bond donors (Lipinski definition) is 1. The van der Waals surface area contributed by atoms with E-state index >= 15 is 0 Å². The van der Waals surface area contributed by atoms with Gasteiger partial charge in [0.25, 0.3) is 10.0 Å². The average Bonchev–Trinajstić information content (AvgIpc) is 3.40. The number of nitrogens with one attached hydrogen (secondary N) is 1. The van der Waals surface area contributed by atoms with Gasteiger partial charge in [-0.3, -0.25) is 9.40 Å². The summed E-state index contributed by atoms with van der Waals surface area (Å²) in [5, 5.41) is 4.77. The summed E-state index contributed by atoms with van der Waals surface area (Å²) in [6.07, 6.45) is 6.25. The van der Waals surface area contributed by atoms with Crippen LogP contribution in [0.1, 0.15) is 5.56 Å². The van der Waals surface area contributed by atoms with Crippen molar-refractivity contribution >= 4 is 32.4 Å². The molecule has 154 valence electrons. The molecule has 0 atom stereocenters. The summed E-state index contributed by atoms with van der Waals surface area (Å²) in [5.41, 5.74) is 5.69. The van der Waals surface area contributed by atoms with Gasteiger partial charge in [-0.05, 0) is 35.7 Å². The molecule has 4 heterocycles. The number of aromatic nitrogens is 4. The highest BCUT2D eigenvalue weighted by Gasteiger charge is 2.22. The first-order valence-corrected chi connectivity index (χ1v) is 11.1. The maximum absolute atomic E-state index is 12.9. The minimum absolute atomic E-state index is 0.0217. The number of sulfonamides is 1. The standard InChI is InChI=1S/C21H22N6O2S/c1-25-10-7-14-4-5-15(12-18(14)25)16-13-26(2)21-20(16)17(6-9-22-21)24-30(28,29)19-8-11-27(3)23-19/h4-6,8-9,11-13H,7,10H2,1-3H3,(H,22,24). The fourth-order valence-electron chi connectivity index (χ4n) is 4.05. The fourth-order valence-corrected chi connectivity index (χ4v) is 5.09. The van der Waals surface area contributed by atoms with E-state index in [2.05, 4.69) is 45.0 Å². The van der Waals surface area contributed by atoms with Crippen LogP contribution in [0.2, 0.25) is 0 Å². The number of benzene rings is 1. The monoisotopic (exact) mass is 422 g/mol. The van der Waals surface area contributed by atoms with Crippen LogP contribution in [0.25, 0.3) is 22.2 Å². The van der Waals surface area contributed by atoms with E-state index in [0.29, 0.717) is 11.3 Å². The molecule has 0 fully saturated rings. The van der Waals surface area contributed by atoms with E-state index in [-0.39, 0.29) is 5.03 Å². The SMILES string of the molecule is CN1CCc2ccc(-c3cn(C)c4nccc(NS(=O)(=O)c5ccn(C)n5)c34)cc21. The van der Waals surface area contributed by atoms with Gasteiger partial charge in [0, 0.05) is 57.5 Å². The van der Waals surface area contributed by atoms with Crippen LogP contribution in [0.5, 0.6) is 0 Å². The molecule has 4 aromatic rings. The molecule has 0 radical (unpaired) electrons. The number of rotatable bonds is 4. The van der Waals surface area contributed by atoms with Crippen LogP contribution in [0.15, 0.2) is 53.9 Å². The highest BCUT2D eigenvalue weighted by atomic mass is 32.2. The summed E-state index contributed by atoms with van der Waals surface area (Å²) < 4.78 is 31.9. The molecule has 1 N–H and O–H groups in total. The van der Waals surface area contributed by atoms with Crippen LogP contribution in [-0.4, -0.2) is 41.3 Å². The Kier molecular flexibility index (Phi) is 4.11. The molecule has 0 saturated carbocycles. The molecule has 0 bridgehead atoms. The van der Waals surface area contributed by atoms with Crippen LogP contribution < -0.4 is 9.62 Å². The number of nitrogens with zero attached hydrogens (tertiary/aromatic N) is 5. The lowest BCUT2D eigenvalue weighted by atomic mass is 10.0. The first kappa shape index (κ1) is 18.7. The first-order chi connectivity index (χ1) is 14.3. The van der Waals surface area contributed by atoms with Crippen LogP contribution in [0.3, 0.4) is 0 Å². The Balaban J connectivity index is 1.66. The minimum Gasteiger partial charge on any atom is -0.374 e. The van der Waals surface area contributed by atoms with Gasteiger partial charge in [0.15, 0.2) is 5.03 Å². The molecule has 0 unspecified atom stereocenters. The van der Waals surface area contributed by atoms with Crippen LogP contribution in [-0.2, 0) is 30.5 Å². The Morgan fingerprint density at radius 2 is 1.93 bits per heavy atom. The predicted octanol–water partition coefficient (Wildman–Crippen LogP) is 2.77. The van der Waals surface area contributed by atoms with Crippen molar-refractivity contribution in [1.29, 1.82) is 0 Å². The lowest BCUT2D eigenvalue weighted by molar-refractivity contribution is 0.593. The lowest BCUT2D eigenvalue weighted by Gasteiger charge is -2.13. The predicted molar refractivity (Wildman–Crippen MR) is 117 cm³/mol. The van der Waals surface area contributed by atoms with E-state index in [0.717, 1.165) is 29.5 Å². The minimum atomic E-state index is -3.82. The molecule has 1 aliphatic heterocycles. The molecule has 0 amide bonds. The van der Waals surface area contributed by atoms with E-state index in [4.69, 9.17) is 0 Å². The van der Waals surface area contributed by atoms with Crippen molar-refractivity contribution in [3.8, 4) is 11.1 Å². The Morgan fingerprint density at radius 1 is 1.10 bits per heavy atom. The maximum atomic E-state index is 12.9. The summed E-state index contributed by atoms with van der Waals surface area (Å²) in [6, 6.07) is 9.58. The van der Waals surface area contributed by atoms with Crippen molar-refractivity contribution in [2.24, 2.45) is 14.1 Å². The second-order valence-electron chi connectivity index (χ2n) is 7.66. The van der Waals surface area contributed by atoms with E-state index in [1.54, 1.807) is 25.5 Å². The van der Waals surface area contributed by atoms with Gasteiger partial charge in [0.2, 0.25) is 0 Å². The molecule has 0 aliphatic carbocycles. The molecule has 3 aromatic heterocycles. The molecule has 5 rings (SSSR count). The molecule has 0 saturated heterocycles. The van der Waals surface area contributed by atoms with Crippen molar-refractivity contribution in [2.75, 3.05) is 23.2 Å². The summed E-state index contributed by atoms with van der Waals surface area (Å²) in [4.78, 5) is 6.72. The Bertz CT molecular complexity index is 1390. The summed E-state index contributed by atoms with van der Waals surface area (Å²) in [5.74, 6) is 0. The molecule has 30 heavy (non-hydrogen) atoms. The number of hydrogen-bond acceptors (Lipinski definition) is 5. The van der Waals surface area contributed by atoms with Crippen molar-refractivity contribution in [1.82, 2.24) is 19.3 Å². The maximum Gasteiger partial charge on any atom is 0.281 e. The van der Waals surface area contributed by atoms with Gasteiger partial charge in [-0.25, -0.2) is 4.98 Å². The summed E-state index contributed by atoms with van der Waals surface area (Å²) in [7, 11) is 1.87. The number of likely N-dealkylation sites (N-methyl/N-ethyl adjacent to an activating group) is 1. The second-order valence-corrected chi connectivity index (χ2v) is 9.29. The van der Waals surface area contributed by atoms with Gasteiger partial charge >= 0.3 is 0 Å². The zero-order valence-electron chi connectivity index (χ0n) is 17.0. The topological polar surface area (TPSA) is 85.0 Å². The number of aryl methyl sites for hydroxylation is 2. The molecule has 8 nitrogen and oxygen atoms in total. The highest BCUT2D eigenvalue weighted by Crippen LogP contribution is 2.38. The Morgan fingerprint density at radius 3 is 2.70 bits per heavy atom. The largest absolute Gasteiger partial charge is 0.374 e. The third-order valence-electron chi connectivity index (χ3n) is 5.59. The van der Waals surface area contributed by atoms with Gasteiger partial charge in [0.1, 0.15) is 5.65 Å². The van der Waals surface area contributed by atoms with Crippen LogP contribution in [0.4, 0.5) is 11.4 Å². The van der Waals surface area contributed by atoms with Crippen molar-refractivity contribution < 1.29 is 8.42 Å². The van der Waals surface area contributed by atoms with Gasteiger partial charge in [-0.15, -0.1) is 0 Å². The molecular weight excluding hydrogens is 400 g/mol. The molecule has 1 aliphatic rings. The van der Waals surface area contributed by atoms with E-state index in [1.807, 2.05) is 17.8 Å². The Labute approximate surface area is 174 Å². The molecule has 0 spiro atoms. The highest BCUT2D eigenvalue weighted by molar-refractivity contribution is 7.92. The van der Waals surface area contributed by atoms with Gasteiger partial charge in [-0.1, -0.05) is 12.1 Å². The van der Waals surface area contributed by atoms with Crippen LogP contribution in [0, 0.1) is 0 Å². The first-order valence-electron chi connectivity index (χ1n) is 9.64. The van der Waals surface area contributed by atoms with Gasteiger partial charge in [-0.2, -0.15) is 13.5 Å². The van der Waals surface area contributed by atoms with E-state index in [9.17, 15) is 8.42 Å². The van der Waals surface area contributed by atoms with Gasteiger partial charge in [0.05, 0.1) is 11.1 Å². The summed E-state index contributed by atoms with van der Waals surface area (Å²) in [6.45, 7) is 1.00. The third kappa shape index (κ3) is 2.93. The quantitative estimate of drug-likeness (QED) is 0.547. The zero-order valence-corrected chi connectivity index (χ0v) is 17.8. The van der Waals surface area contributed by atoms with Gasteiger partial charge < -0.3 is 9.47 Å².